The Morgan fingerprint density at radius 3 is 2.65 bits per heavy atom. The van der Waals surface area contributed by atoms with Crippen molar-refractivity contribution in [2.24, 2.45) is 5.41 Å². The van der Waals surface area contributed by atoms with Crippen LogP contribution >= 0.6 is 15.9 Å². The minimum Gasteiger partial charge on any atom is -0.481 e. The largest absolute Gasteiger partial charge is 0.481 e. The smallest absolute Gasteiger partial charge is 0.310 e. The highest BCUT2D eigenvalue weighted by Gasteiger charge is 2.45. The number of benzene rings is 1. The van der Waals surface area contributed by atoms with Crippen molar-refractivity contribution in [3.05, 3.63) is 28.5 Å². The molecule has 0 saturated carbocycles. The molecule has 1 aromatic carbocycles. The Balaban J connectivity index is 2.35. The molecule has 1 unspecified atom stereocenters. The number of hydrogen-bond donors (Lipinski definition) is 1. The molecule has 1 atom stereocenters. The van der Waals surface area contributed by atoms with Crippen LogP contribution in [0.15, 0.2) is 27.6 Å². The summed E-state index contributed by atoms with van der Waals surface area (Å²) in [7, 11) is -3.83. The Morgan fingerprint density at radius 1 is 1.50 bits per heavy atom. The molecule has 1 saturated heterocycles. The summed E-state index contributed by atoms with van der Waals surface area (Å²) in [6, 6.07) is 3.30. The Hall–Kier alpha value is -0.990. The summed E-state index contributed by atoms with van der Waals surface area (Å²) >= 11 is 3.03. The molecule has 1 N–H and O–H groups in total. The van der Waals surface area contributed by atoms with Gasteiger partial charge in [-0.2, -0.15) is 4.31 Å². The molecule has 0 bridgehead atoms. The molecule has 1 aliphatic heterocycles. The van der Waals surface area contributed by atoms with Gasteiger partial charge in [0.2, 0.25) is 10.0 Å². The number of halogens is 2. The van der Waals surface area contributed by atoms with Crippen molar-refractivity contribution in [2.75, 3.05) is 13.1 Å². The summed E-state index contributed by atoms with van der Waals surface area (Å²) in [5.74, 6) is -1.57. The summed E-state index contributed by atoms with van der Waals surface area (Å²) < 4.78 is 39.2. The van der Waals surface area contributed by atoms with Crippen LogP contribution in [0.2, 0.25) is 0 Å². The Morgan fingerprint density at radius 2 is 2.15 bits per heavy atom. The first kappa shape index (κ1) is 15.4. The number of aliphatic carboxylic acids is 1. The Kier molecular flexibility index (Phi) is 3.92. The summed E-state index contributed by atoms with van der Waals surface area (Å²) in [6.45, 7) is 1.56. The third kappa shape index (κ3) is 2.59. The van der Waals surface area contributed by atoms with Crippen LogP contribution in [-0.2, 0) is 14.8 Å². The van der Waals surface area contributed by atoms with Gasteiger partial charge in [-0.25, -0.2) is 12.8 Å². The second kappa shape index (κ2) is 5.09. The molecule has 1 fully saturated rings. The lowest BCUT2D eigenvalue weighted by Crippen LogP contribution is -2.35. The number of carboxylic acids is 1. The fourth-order valence-corrected chi connectivity index (χ4v) is 4.70. The van der Waals surface area contributed by atoms with Crippen LogP contribution in [0.5, 0.6) is 0 Å². The predicted octanol–water partition coefficient (Wildman–Crippen LogP) is 2.07. The molecule has 0 spiro atoms. The summed E-state index contributed by atoms with van der Waals surface area (Å²) in [6.07, 6.45) is 0.250. The van der Waals surface area contributed by atoms with Crippen molar-refractivity contribution >= 4 is 31.9 Å². The van der Waals surface area contributed by atoms with E-state index in [0.717, 1.165) is 16.4 Å². The maximum atomic E-state index is 13.0. The highest BCUT2D eigenvalue weighted by molar-refractivity contribution is 9.10. The fraction of sp³-hybridized carbons (Fsp3) is 0.417. The van der Waals surface area contributed by atoms with E-state index in [0.29, 0.717) is 0 Å². The molecular formula is C12H13BrFNO4S. The van der Waals surface area contributed by atoms with Crippen LogP contribution in [0.1, 0.15) is 13.3 Å². The second-order valence-electron chi connectivity index (χ2n) is 5.03. The molecule has 0 aromatic heterocycles. The number of carbonyl (C=O) groups is 1. The van der Waals surface area contributed by atoms with Crippen LogP contribution in [0.4, 0.5) is 4.39 Å². The molecule has 110 valence electrons. The Bertz CT molecular complexity index is 663. The van der Waals surface area contributed by atoms with Gasteiger partial charge in [0.1, 0.15) is 5.82 Å². The minimum atomic E-state index is -3.83. The molecule has 0 amide bonds. The summed E-state index contributed by atoms with van der Waals surface area (Å²) in [4.78, 5) is 11.1. The van der Waals surface area contributed by atoms with E-state index in [4.69, 9.17) is 5.11 Å². The number of carboxylic acid groups (broad SMARTS) is 1. The SMILES string of the molecule is CC1(C(=O)O)CCN(S(=O)(=O)c2ccc(F)cc2Br)C1. The van der Waals surface area contributed by atoms with E-state index in [1.54, 1.807) is 0 Å². The molecule has 5 nitrogen and oxygen atoms in total. The first-order chi connectivity index (χ1) is 9.17. The third-order valence-corrected chi connectivity index (χ3v) is 6.29. The van der Waals surface area contributed by atoms with Gasteiger partial charge in [0.05, 0.1) is 10.3 Å². The maximum absolute atomic E-state index is 13.0. The number of rotatable bonds is 3. The van der Waals surface area contributed by atoms with Crippen molar-refractivity contribution in [3.63, 3.8) is 0 Å². The zero-order valence-corrected chi connectivity index (χ0v) is 13.0. The summed E-state index contributed by atoms with van der Waals surface area (Å²) in [5.41, 5.74) is -1.08. The summed E-state index contributed by atoms with van der Waals surface area (Å²) in [5, 5.41) is 9.14. The zero-order chi connectivity index (χ0) is 15.1. The van der Waals surface area contributed by atoms with Gasteiger partial charge in [0.25, 0.3) is 0 Å². The molecule has 0 radical (unpaired) electrons. The maximum Gasteiger partial charge on any atom is 0.310 e. The predicted molar refractivity (Wildman–Crippen MR) is 73.2 cm³/mol. The highest BCUT2D eigenvalue weighted by atomic mass is 79.9. The van der Waals surface area contributed by atoms with Crippen LogP contribution in [-0.4, -0.2) is 36.9 Å². The van der Waals surface area contributed by atoms with Gasteiger partial charge in [-0.15, -0.1) is 0 Å². The standard InChI is InChI=1S/C12H13BrFNO4S/c1-12(11(16)17)4-5-15(7-12)20(18,19)10-3-2-8(14)6-9(10)13/h2-3,6H,4-5,7H2,1H3,(H,16,17). The van der Waals surface area contributed by atoms with Crippen molar-refractivity contribution in [3.8, 4) is 0 Å². The van der Waals surface area contributed by atoms with Crippen molar-refractivity contribution in [1.82, 2.24) is 4.31 Å². The van der Waals surface area contributed by atoms with Crippen LogP contribution < -0.4 is 0 Å². The third-order valence-electron chi connectivity index (χ3n) is 3.47. The number of sulfonamides is 1. The quantitative estimate of drug-likeness (QED) is 0.889. The normalized spacial score (nSPS) is 23.9. The van der Waals surface area contributed by atoms with E-state index in [1.807, 2.05) is 0 Å². The zero-order valence-electron chi connectivity index (χ0n) is 10.6. The van der Waals surface area contributed by atoms with E-state index in [-0.39, 0.29) is 28.9 Å². The lowest BCUT2D eigenvalue weighted by atomic mass is 9.90. The molecule has 1 aromatic rings. The number of hydrogen-bond acceptors (Lipinski definition) is 3. The van der Waals surface area contributed by atoms with Crippen LogP contribution in [0.3, 0.4) is 0 Å². The van der Waals surface area contributed by atoms with Gasteiger partial charge >= 0.3 is 5.97 Å². The molecule has 20 heavy (non-hydrogen) atoms. The number of nitrogens with zero attached hydrogens (tertiary/aromatic N) is 1. The van der Waals surface area contributed by atoms with E-state index >= 15 is 0 Å². The van der Waals surface area contributed by atoms with Crippen LogP contribution in [0.25, 0.3) is 0 Å². The van der Waals surface area contributed by atoms with E-state index in [1.165, 1.54) is 13.0 Å². The highest BCUT2D eigenvalue weighted by Crippen LogP contribution is 2.35. The molecule has 0 aliphatic carbocycles. The molecule has 8 heteroatoms. The Labute approximate surface area is 124 Å². The van der Waals surface area contributed by atoms with Crippen LogP contribution in [0, 0.1) is 11.2 Å². The monoisotopic (exact) mass is 365 g/mol. The van der Waals surface area contributed by atoms with Gasteiger partial charge in [-0.3, -0.25) is 4.79 Å². The van der Waals surface area contributed by atoms with Gasteiger partial charge < -0.3 is 5.11 Å². The van der Waals surface area contributed by atoms with E-state index in [2.05, 4.69) is 15.9 Å². The van der Waals surface area contributed by atoms with Crippen molar-refractivity contribution < 1.29 is 22.7 Å². The molecular weight excluding hydrogens is 353 g/mol. The second-order valence-corrected chi connectivity index (χ2v) is 7.79. The van der Waals surface area contributed by atoms with Gasteiger partial charge in [-0.1, -0.05) is 0 Å². The van der Waals surface area contributed by atoms with E-state index in [9.17, 15) is 17.6 Å². The first-order valence-electron chi connectivity index (χ1n) is 5.85. The fourth-order valence-electron chi connectivity index (χ4n) is 2.12. The minimum absolute atomic E-state index is 0.0615. The average molecular weight is 366 g/mol. The lowest BCUT2D eigenvalue weighted by molar-refractivity contribution is -0.146. The lowest BCUT2D eigenvalue weighted by Gasteiger charge is -2.20. The molecule has 1 aliphatic rings. The van der Waals surface area contributed by atoms with Gasteiger partial charge in [0, 0.05) is 17.6 Å². The molecule has 1 heterocycles. The topological polar surface area (TPSA) is 74.7 Å². The van der Waals surface area contributed by atoms with Gasteiger partial charge in [0.15, 0.2) is 0 Å². The van der Waals surface area contributed by atoms with Crippen molar-refractivity contribution in [2.45, 2.75) is 18.2 Å². The van der Waals surface area contributed by atoms with Gasteiger partial charge in [-0.05, 0) is 47.5 Å². The average Bonchev–Trinajstić information content (AvgIpc) is 2.73. The van der Waals surface area contributed by atoms with Crippen molar-refractivity contribution in [1.29, 1.82) is 0 Å². The first-order valence-corrected chi connectivity index (χ1v) is 8.09. The van der Waals surface area contributed by atoms with E-state index < -0.39 is 27.2 Å². The molecule has 2 rings (SSSR count).